The molecular formula is C23H15NO. The van der Waals surface area contributed by atoms with Crippen molar-refractivity contribution < 1.29 is 5.11 Å². The standard InChI is InChI=1S/C23H15NO/c24-15-20-18-13-7-8-14-19(18)23(25)22(17-11-5-2-6-12-17)21(20)16-9-3-1-4-10-16/h1-14,25H. The van der Waals surface area contributed by atoms with Gasteiger partial charge in [0.25, 0.3) is 0 Å². The minimum Gasteiger partial charge on any atom is -0.507 e. The Bertz CT molecular complexity index is 1090. The van der Waals surface area contributed by atoms with Crippen LogP contribution in [0.2, 0.25) is 0 Å². The van der Waals surface area contributed by atoms with Gasteiger partial charge in [0.1, 0.15) is 11.8 Å². The normalized spacial score (nSPS) is 10.5. The van der Waals surface area contributed by atoms with Crippen molar-refractivity contribution in [3.63, 3.8) is 0 Å². The number of nitrogens with zero attached hydrogens (tertiary/aromatic N) is 1. The lowest BCUT2D eigenvalue weighted by atomic mass is 9.86. The van der Waals surface area contributed by atoms with Gasteiger partial charge in [0, 0.05) is 21.9 Å². The largest absolute Gasteiger partial charge is 0.507 e. The van der Waals surface area contributed by atoms with Crippen LogP contribution in [0.15, 0.2) is 84.9 Å². The Morgan fingerprint density at radius 2 is 1.08 bits per heavy atom. The molecule has 0 fully saturated rings. The first-order valence-electron chi connectivity index (χ1n) is 8.10. The number of rotatable bonds is 2. The van der Waals surface area contributed by atoms with Crippen molar-refractivity contribution in [1.29, 1.82) is 5.26 Å². The number of hydrogen-bond donors (Lipinski definition) is 1. The van der Waals surface area contributed by atoms with Crippen LogP contribution in [0.3, 0.4) is 0 Å². The zero-order chi connectivity index (χ0) is 17.2. The number of fused-ring (bicyclic) bond motifs is 1. The fourth-order valence-electron chi connectivity index (χ4n) is 3.32. The molecule has 2 nitrogen and oxygen atoms in total. The maximum Gasteiger partial charge on any atom is 0.131 e. The molecule has 0 aromatic heterocycles. The van der Waals surface area contributed by atoms with E-state index in [4.69, 9.17) is 0 Å². The minimum absolute atomic E-state index is 0.208. The smallest absolute Gasteiger partial charge is 0.131 e. The Balaban J connectivity index is 2.23. The van der Waals surface area contributed by atoms with E-state index in [1.807, 2.05) is 84.9 Å². The van der Waals surface area contributed by atoms with E-state index in [2.05, 4.69) is 6.07 Å². The van der Waals surface area contributed by atoms with Gasteiger partial charge >= 0.3 is 0 Å². The number of phenols is 1. The molecule has 0 aliphatic heterocycles. The average molecular weight is 321 g/mol. The third kappa shape index (κ3) is 2.43. The van der Waals surface area contributed by atoms with Gasteiger partial charge in [-0.25, -0.2) is 0 Å². The first kappa shape index (κ1) is 15.0. The number of aromatic hydroxyl groups is 1. The molecule has 0 aliphatic carbocycles. The van der Waals surface area contributed by atoms with Crippen LogP contribution in [0.5, 0.6) is 5.75 Å². The van der Waals surface area contributed by atoms with E-state index in [9.17, 15) is 10.4 Å². The number of phenolic OH excluding ortho intramolecular Hbond substituents is 1. The van der Waals surface area contributed by atoms with Crippen LogP contribution in [0, 0.1) is 11.3 Å². The predicted octanol–water partition coefficient (Wildman–Crippen LogP) is 5.75. The molecule has 4 aromatic rings. The number of nitriles is 1. The van der Waals surface area contributed by atoms with Crippen LogP contribution in [0.25, 0.3) is 33.0 Å². The van der Waals surface area contributed by atoms with Gasteiger partial charge < -0.3 is 5.11 Å². The molecule has 0 saturated heterocycles. The third-order valence-corrected chi connectivity index (χ3v) is 4.43. The van der Waals surface area contributed by atoms with E-state index in [1.165, 1.54) is 0 Å². The van der Waals surface area contributed by atoms with E-state index < -0.39 is 0 Å². The van der Waals surface area contributed by atoms with Crippen LogP contribution < -0.4 is 0 Å². The van der Waals surface area contributed by atoms with Gasteiger partial charge in [0.2, 0.25) is 0 Å². The van der Waals surface area contributed by atoms with E-state index in [-0.39, 0.29) is 5.75 Å². The highest BCUT2D eigenvalue weighted by Gasteiger charge is 2.21. The van der Waals surface area contributed by atoms with Gasteiger partial charge in [-0.1, -0.05) is 84.9 Å². The van der Waals surface area contributed by atoms with Crippen molar-refractivity contribution in [3.05, 3.63) is 90.5 Å². The lowest BCUT2D eigenvalue weighted by molar-refractivity contribution is 0.484. The fraction of sp³-hybridized carbons (Fsp3) is 0. The third-order valence-electron chi connectivity index (χ3n) is 4.43. The molecule has 0 saturated carbocycles. The Hall–Kier alpha value is -3.57. The maximum absolute atomic E-state index is 11.1. The molecule has 4 rings (SSSR count). The van der Waals surface area contributed by atoms with Crippen molar-refractivity contribution in [2.75, 3.05) is 0 Å². The highest BCUT2D eigenvalue weighted by Crippen LogP contribution is 2.46. The molecule has 0 aliphatic rings. The molecule has 0 atom stereocenters. The van der Waals surface area contributed by atoms with Gasteiger partial charge in [0.15, 0.2) is 0 Å². The molecule has 0 radical (unpaired) electrons. The summed E-state index contributed by atoms with van der Waals surface area (Å²) >= 11 is 0. The highest BCUT2D eigenvalue weighted by atomic mass is 16.3. The Labute approximate surface area is 146 Å². The van der Waals surface area contributed by atoms with Crippen molar-refractivity contribution in [3.8, 4) is 34.1 Å². The van der Waals surface area contributed by atoms with Gasteiger partial charge in [-0.05, 0) is 11.1 Å². The number of benzene rings is 4. The summed E-state index contributed by atoms with van der Waals surface area (Å²) in [5.74, 6) is 0.208. The SMILES string of the molecule is N#Cc1c(-c2ccccc2)c(-c2ccccc2)c(O)c2ccccc12. The van der Waals surface area contributed by atoms with Crippen LogP contribution in [0.1, 0.15) is 5.56 Å². The summed E-state index contributed by atoms with van der Waals surface area (Å²) < 4.78 is 0. The highest BCUT2D eigenvalue weighted by molar-refractivity contribution is 6.06. The monoisotopic (exact) mass is 321 g/mol. The molecule has 25 heavy (non-hydrogen) atoms. The molecule has 1 N–H and O–H groups in total. The maximum atomic E-state index is 11.1. The second-order valence-corrected chi connectivity index (χ2v) is 5.86. The van der Waals surface area contributed by atoms with Crippen molar-refractivity contribution in [2.45, 2.75) is 0 Å². The molecular weight excluding hydrogens is 306 g/mol. The molecule has 0 heterocycles. The summed E-state index contributed by atoms with van der Waals surface area (Å²) in [6, 6.07) is 29.4. The first-order chi connectivity index (χ1) is 12.3. The zero-order valence-corrected chi connectivity index (χ0v) is 13.5. The van der Waals surface area contributed by atoms with Crippen LogP contribution in [0.4, 0.5) is 0 Å². The summed E-state index contributed by atoms with van der Waals surface area (Å²) in [5, 5.41) is 22.4. The molecule has 4 aromatic carbocycles. The van der Waals surface area contributed by atoms with Gasteiger partial charge in [-0.15, -0.1) is 0 Å². The zero-order valence-electron chi connectivity index (χ0n) is 13.5. The van der Waals surface area contributed by atoms with Crippen molar-refractivity contribution in [2.24, 2.45) is 0 Å². The first-order valence-corrected chi connectivity index (χ1v) is 8.10. The predicted molar refractivity (Wildman–Crippen MR) is 101 cm³/mol. The van der Waals surface area contributed by atoms with E-state index in [1.54, 1.807) is 0 Å². The van der Waals surface area contributed by atoms with Crippen molar-refractivity contribution in [1.82, 2.24) is 0 Å². The molecule has 0 amide bonds. The Morgan fingerprint density at radius 3 is 1.64 bits per heavy atom. The van der Waals surface area contributed by atoms with E-state index in [0.717, 1.165) is 22.1 Å². The molecule has 0 bridgehead atoms. The lowest BCUT2D eigenvalue weighted by Gasteiger charge is -2.17. The summed E-state index contributed by atoms with van der Waals surface area (Å²) in [7, 11) is 0. The van der Waals surface area contributed by atoms with E-state index in [0.29, 0.717) is 16.5 Å². The lowest BCUT2D eigenvalue weighted by Crippen LogP contribution is -1.94. The Kier molecular flexibility index (Phi) is 3.68. The minimum atomic E-state index is 0.208. The van der Waals surface area contributed by atoms with Crippen LogP contribution >= 0.6 is 0 Å². The summed E-state index contributed by atoms with van der Waals surface area (Å²) in [6.45, 7) is 0. The Morgan fingerprint density at radius 1 is 0.600 bits per heavy atom. The van der Waals surface area contributed by atoms with E-state index >= 15 is 0 Å². The van der Waals surface area contributed by atoms with Crippen LogP contribution in [-0.2, 0) is 0 Å². The quantitative estimate of drug-likeness (QED) is 0.511. The summed E-state index contributed by atoms with van der Waals surface area (Å²) in [4.78, 5) is 0. The van der Waals surface area contributed by atoms with Gasteiger partial charge in [0.05, 0.1) is 5.56 Å². The van der Waals surface area contributed by atoms with Crippen molar-refractivity contribution >= 4 is 10.8 Å². The second kappa shape index (κ2) is 6.14. The summed E-state index contributed by atoms with van der Waals surface area (Å²) in [5.41, 5.74) is 3.85. The fourth-order valence-corrected chi connectivity index (χ4v) is 3.32. The second-order valence-electron chi connectivity index (χ2n) is 5.86. The molecule has 2 heteroatoms. The molecule has 118 valence electrons. The molecule has 0 unspecified atom stereocenters. The van der Waals surface area contributed by atoms with Gasteiger partial charge in [-0.2, -0.15) is 5.26 Å². The van der Waals surface area contributed by atoms with Gasteiger partial charge in [-0.3, -0.25) is 0 Å². The number of hydrogen-bond acceptors (Lipinski definition) is 2. The topological polar surface area (TPSA) is 44.0 Å². The average Bonchev–Trinajstić information content (AvgIpc) is 2.69. The summed E-state index contributed by atoms with van der Waals surface area (Å²) in [6.07, 6.45) is 0. The molecule has 0 spiro atoms. The van der Waals surface area contributed by atoms with Crippen LogP contribution in [-0.4, -0.2) is 5.11 Å².